The van der Waals surface area contributed by atoms with E-state index in [2.05, 4.69) is 32.6 Å². The number of carbonyl (C=O) groups excluding carboxylic acids is 2. The third kappa shape index (κ3) is 5.31. The summed E-state index contributed by atoms with van der Waals surface area (Å²) in [5, 5.41) is 0. The van der Waals surface area contributed by atoms with Crippen molar-refractivity contribution in [2.24, 2.45) is 10.8 Å². The van der Waals surface area contributed by atoms with Gasteiger partial charge >= 0.3 is 0 Å². The molecule has 0 amide bonds. The second-order valence-corrected chi connectivity index (χ2v) is 12.6. The Morgan fingerprint density at radius 1 is 0.846 bits per heavy atom. The Bertz CT molecular complexity index is 1320. The Kier molecular flexibility index (Phi) is 7.27. The van der Waals surface area contributed by atoms with Crippen LogP contribution in [-0.2, 0) is 20.9 Å². The maximum Gasteiger partial charge on any atom is 0.162 e. The van der Waals surface area contributed by atoms with E-state index >= 15 is 0 Å². The number of hydrogen-bond donors (Lipinski definition) is 0. The highest BCUT2D eigenvalue weighted by Crippen LogP contribution is 2.55. The van der Waals surface area contributed by atoms with Crippen LogP contribution in [0, 0.1) is 16.6 Å². The summed E-state index contributed by atoms with van der Waals surface area (Å²) >= 11 is 0. The molecule has 2 aromatic rings. The maximum absolute atomic E-state index is 14.4. The van der Waals surface area contributed by atoms with E-state index in [9.17, 15) is 14.0 Å². The van der Waals surface area contributed by atoms with Crippen molar-refractivity contribution < 1.29 is 23.5 Å². The molecule has 0 radical (unpaired) electrons. The fraction of sp³-hybridized carbons (Fsp3) is 0.455. The summed E-state index contributed by atoms with van der Waals surface area (Å²) in [6.45, 7) is 9.64. The molecule has 39 heavy (non-hydrogen) atoms. The minimum Gasteiger partial charge on any atom is -0.488 e. The topological polar surface area (TPSA) is 55.8 Å². The Hall–Kier alpha value is -3.25. The molecule has 5 rings (SSSR count). The maximum atomic E-state index is 14.4. The van der Waals surface area contributed by atoms with Gasteiger partial charge in [-0.3, -0.25) is 9.59 Å². The van der Waals surface area contributed by atoms with Crippen LogP contribution < -0.4 is 4.74 Å². The van der Waals surface area contributed by atoms with Gasteiger partial charge in [-0.2, -0.15) is 0 Å². The fourth-order valence-corrected chi connectivity index (χ4v) is 6.43. The first kappa shape index (κ1) is 27.3. The van der Waals surface area contributed by atoms with Crippen molar-refractivity contribution in [1.82, 2.24) is 4.90 Å². The minimum absolute atomic E-state index is 0.0517. The van der Waals surface area contributed by atoms with E-state index in [1.165, 1.54) is 6.07 Å². The molecule has 1 aliphatic heterocycles. The average molecular weight is 532 g/mol. The van der Waals surface area contributed by atoms with Crippen LogP contribution >= 0.6 is 0 Å². The van der Waals surface area contributed by atoms with Gasteiger partial charge in [0.1, 0.15) is 18.2 Å². The highest BCUT2D eigenvalue weighted by Gasteiger charge is 2.49. The summed E-state index contributed by atoms with van der Waals surface area (Å²) < 4.78 is 26.1. The number of para-hydroxylation sites is 1. The van der Waals surface area contributed by atoms with Crippen molar-refractivity contribution in [3.05, 3.63) is 88.0 Å². The number of ether oxygens (including phenoxy) is 2. The van der Waals surface area contributed by atoms with Crippen molar-refractivity contribution >= 4 is 11.6 Å². The number of benzene rings is 2. The summed E-state index contributed by atoms with van der Waals surface area (Å²) in [4.78, 5) is 30.1. The van der Waals surface area contributed by atoms with Crippen LogP contribution in [0.3, 0.4) is 0 Å². The minimum atomic E-state index is -0.516. The van der Waals surface area contributed by atoms with E-state index in [1.54, 1.807) is 25.3 Å². The van der Waals surface area contributed by atoms with Gasteiger partial charge in [0.05, 0.1) is 6.61 Å². The molecule has 0 fully saturated rings. The second kappa shape index (κ2) is 10.4. The smallest absolute Gasteiger partial charge is 0.162 e. The van der Waals surface area contributed by atoms with Crippen LogP contribution in [-0.4, -0.2) is 36.7 Å². The number of hydrogen-bond acceptors (Lipinski definition) is 5. The number of nitrogens with zero attached hydrogens (tertiary/aromatic N) is 1. The van der Waals surface area contributed by atoms with Crippen molar-refractivity contribution in [3.63, 3.8) is 0 Å². The average Bonchev–Trinajstić information content (AvgIpc) is 2.85. The second-order valence-electron chi connectivity index (χ2n) is 12.6. The van der Waals surface area contributed by atoms with Gasteiger partial charge in [-0.25, -0.2) is 4.39 Å². The first-order chi connectivity index (χ1) is 18.5. The molecule has 0 atom stereocenters. The normalized spacial score (nSPS) is 20.7. The number of methoxy groups -OCH3 is 1. The molecule has 0 saturated heterocycles. The van der Waals surface area contributed by atoms with Gasteiger partial charge < -0.3 is 14.4 Å². The monoisotopic (exact) mass is 531 g/mol. The van der Waals surface area contributed by atoms with Crippen LogP contribution in [0.5, 0.6) is 5.75 Å². The highest BCUT2D eigenvalue weighted by molar-refractivity contribution is 6.07. The molecule has 1 heterocycles. The molecular weight excluding hydrogens is 493 g/mol. The van der Waals surface area contributed by atoms with Crippen molar-refractivity contribution in [1.29, 1.82) is 0 Å². The largest absolute Gasteiger partial charge is 0.488 e. The molecule has 0 N–H and O–H groups in total. The van der Waals surface area contributed by atoms with Crippen LogP contribution in [0.25, 0.3) is 0 Å². The zero-order valence-corrected chi connectivity index (χ0v) is 23.6. The molecule has 0 spiro atoms. The molecule has 2 aromatic carbocycles. The zero-order valence-electron chi connectivity index (χ0n) is 23.6. The molecule has 206 valence electrons. The first-order valence-corrected chi connectivity index (χ1v) is 13.8. The molecule has 2 aliphatic carbocycles. The third-order valence-corrected chi connectivity index (χ3v) is 8.11. The lowest BCUT2D eigenvalue weighted by Crippen LogP contribution is -2.45. The van der Waals surface area contributed by atoms with Crippen LogP contribution in [0.2, 0.25) is 0 Å². The zero-order chi connectivity index (χ0) is 27.9. The summed E-state index contributed by atoms with van der Waals surface area (Å²) in [6.07, 6.45) is 2.30. The molecule has 5 nitrogen and oxygen atoms in total. The van der Waals surface area contributed by atoms with Crippen LogP contribution in [0.1, 0.15) is 70.4 Å². The Balaban J connectivity index is 1.68. The Labute approximate surface area is 230 Å². The lowest BCUT2D eigenvalue weighted by Gasteiger charge is -2.49. The van der Waals surface area contributed by atoms with E-state index in [0.717, 1.165) is 29.8 Å². The number of Topliss-reactive ketones (excluding diaryl/α,β-unsaturated/α-hetero) is 2. The summed E-state index contributed by atoms with van der Waals surface area (Å²) in [6, 6.07) is 14.1. The lowest BCUT2D eigenvalue weighted by molar-refractivity contribution is -0.119. The van der Waals surface area contributed by atoms with Crippen molar-refractivity contribution in [2.45, 2.75) is 65.9 Å². The van der Waals surface area contributed by atoms with E-state index in [-0.39, 0.29) is 34.8 Å². The quantitative estimate of drug-likeness (QED) is 0.396. The van der Waals surface area contributed by atoms with Gasteiger partial charge in [-0.1, -0.05) is 64.1 Å². The van der Waals surface area contributed by atoms with E-state index in [1.807, 2.05) is 24.3 Å². The van der Waals surface area contributed by atoms with Gasteiger partial charge in [0.15, 0.2) is 11.6 Å². The van der Waals surface area contributed by atoms with Crippen molar-refractivity contribution in [3.8, 4) is 5.75 Å². The Morgan fingerprint density at radius 2 is 1.41 bits per heavy atom. The lowest BCUT2D eigenvalue weighted by atomic mass is 9.63. The van der Waals surface area contributed by atoms with Crippen molar-refractivity contribution in [2.75, 3.05) is 20.3 Å². The number of allylic oxidation sites excluding steroid dienone is 4. The molecule has 0 bridgehead atoms. The molecule has 0 unspecified atom stereocenters. The SMILES string of the molecule is COCCN1C2=C(C(=O)CC(C)(C)C2)C(c2ccccc2OCc2ccccc2F)C2=C1CC(C)(C)CC2=O. The van der Waals surface area contributed by atoms with Gasteiger partial charge in [-0.15, -0.1) is 0 Å². The molecule has 0 aromatic heterocycles. The number of halogens is 1. The summed E-state index contributed by atoms with van der Waals surface area (Å²) in [5.41, 5.74) is 4.21. The first-order valence-electron chi connectivity index (χ1n) is 13.8. The number of carbonyl (C=O) groups is 2. The van der Waals surface area contributed by atoms with Gasteiger partial charge in [0.2, 0.25) is 0 Å². The summed E-state index contributed by atoms with van der Waals surface area (Å²) in [5.74, 6) is -0.141. The Morgan fingerprint density at radius 3 is 2.00 bits per heavy atom. The highest BCUT2D eigenvalue weighted by atomic mass is 19.1. The number of rotatable bonds is 7. The molecule has 6 heteroatoms. The molecule has 3 aliphatic rings. The van der Waals surface area contributed by atoms with Gasteiger partial charge in [-0.05, 0) is 35.8 Å². The molecule has 0 saturated carbocycles. The fourth-order valence-electron chi connectivity index (χ4n) is 6.43. The third-order valence-electron chi connectivity index (χ3n) is 8.11. The predicted molar refractivity (Wildman–Crippen MR) is 149 cm³/mol. The van der Waals surface area contributed by atoms with E-state index < -0.39 is 5.92 Å². The van der Waals surface area contributed by atoms with Gasteiger partial charge in [0, 0.05) is 66.1 Å². The standard InChI is InChI=1S/C33H38FNO4/c1-32(2)16-24-30(26(36)18-32)29(31-25(35(24)14-15-38-5)17-33(3,4)19-27(31)37)22-11-7-9-13-28(22)39-20-21-10-6-8-12-23(21)34/h6-13,29H,14-20H2,1-5H3. The number of ketones is 2. The van der Waals surface area contributed by atoms with Gasteiger partial charge in [0.25, 0.3) is 0 Å². The van der Waals surface area contributed by atoms with E-state index in [4.69, 9.17) is 9.47 Å². The summed E-state index contributed by atoms with van der Waals surface area (Å²) in [7, 11) is 1.67. The molecular formula is C33H38FNO4. The van der Waals surface area contributed by atoms with Crippen LogP contribution in [0.15, 0.2) is 71.1 Å². The predicted octanol–water partition coefficient (Wildman–Crippen LogP) is 6.74. The van der Waals surface area contributed by atoms with Crippen LogP contribution in [0.4, 0.5) is 4.39 Å². The van der Waals surface area contributed by atoms with E-state index in [0.29, 0.717) is 48.5 Å².